The number of benzene rings is 1. The van der Waals surface area contributed by atoms with Gasteiger partial charge >= 0.3 is 0 Å². The number of amides is 1. The molecule has 1 aliphatic rings. The fourth-order valence-corrected chi connectivity index (χ4v) is 2.29. The Morgan fingerprint density at radius 1 is 1.18 bits per heavy atom. The van der Waals surface area contributed by atoms with Crippen LogP contribution < -0.4 is 5.32 Å². The van der Waals surface area contributed by atoms with Crippen molar-refractivity contribution in [2.45, 2.75) is 13.0 Å². The molecule has 1 N–H and O–H groups in total. The number of aryl methyl sites for hydroxylation is 1. The van der Waals surface area contributed by atoms with Crippen molar-refractivity contribution in [2.75, 3.05) is 0 Å². The molecule has 1 aliphatic heterocycles. The van der Waals surface area contributed by atoms with E-state index in [4.69, 9.17) is 0 Å². The summed E-state index contributed by atoms with van der Waals surface area (Å²) in [6.07, 6.45) is 3.42. The van der Waals surface area contributed by atoms with Crippen molar-refractivity contribution in [3.05, 3.63) is 65.0 Å². The number of hydrogen-bond donors (Lipinski definition) is 1. The van der Waals surface area contributed by atoms with Gasteiger partial charge in [-0.1, -0.05) is 24.3 Å². The van der Waals surface area contributed by atoms with E-state index in [0.717, 1.165) is 16.7 Å². The lowest BCUT2D eigenvalue weighted by Crippen LogP contribution is -2.20. The van der Waals surface area contributed by atoms with Gasteiger partial charge in [0, 0.05) is 23.5 Å². The van der Waals surface area contributed by atoms with Crippen molar-refractivity contribution < 1.29 is 4.79 Å². The molecule has 84 valence electrons. The molecule has 0 saturated carbocycles. The summed E-state index contributed by atoms with van der Waals surface area (Å²) in [5, 5.41) is 3.00. The van der Waals surface area contributed by atoms with E-state index in [1.165, 1.54) is 5.56 Å². The molecule has 1 atom stereocenters. The largest absolute Gasteiger partial charge is 0.341 e. The molecule has 0 fully saturated rings. The highest BCUT2D eigenvalue weighted by atomic mass is 16.2. The van der Waals surface area contributed by atoms with Gasteiger partial charge < -0.3 is 5.32 Å². The van der Waals surface area contributed by atoms with Gasteiger partial charge in [-0.2, -0.15) is 0 Å². The molecule has 0 saturated heterocycles. The minimum atomic E-state index is -0.0626. The summed E-state index contributed by atoms with van der Waals surface area (Å²) in [7, 11) is 0. The van der Waals surface area contributed by atoms with Crippen LogP contribution in [-0.4, -0.2) is 10.9 Å². The van der Waals surface area contributed by atoms with Gasteiger partial charge in [-0.05, 0) is 24.1 Å². The number of nitrogens with zero attached hydrogens (tertiary/aromatic N) is 1. The van der Waals surface area contributed by atoms with Gasteiger partial charge in [-0.25, -0.2) is 0 Å². The van der Waals surface area contributed by atoms with Crippen molar-refractivity contribution in [3.8, 4) is 0 Å². The van der Waals surface area contributed by atoms with Gasteiger partial charge in [-0.3, -0.25) is 9.78 Å². The maximum atomic E-state index is 11.8. The molecule has 0 aliphatic carbocycles. The SMILES string of the molecule is Cc1ccccc1C1NC(=O)c2ccncc21. The van der Waals surface area contributed by atoms with Crippen LogP contribution in [-0.2, 0) is 0 Å². The molecule has 0 bridgehead atoms. The van der Waals surface area contributed by atoms with E-state index in [0.29, 0.717) is 0 Å². The summed E-state index contributed by atoms with van der Waals surface area (Å²) in [4.78, 5) is 15.9. The molecule has 2 heterocycles. The molecule has 3 heteroatoms. The average molecular weight is 224 g/mol. The van der Waals surface area contributed by atoms with Crippen molar-refractivity contribution in [1.29, 1.82) is 0 Å². The van der Waals surface area contributed by atoms with Gasteiger partial charge in [0.25, 0.3) is 5.91 Å². The summed E-state index contributed by atoms with van der Waals surface area (Å²) in [6.45, 7) is 2.05. The van der Waals surface area contributed by atoms with Crippen molar-refractivity contribution in [3.63, 3.8) is 0 Å². The second-order valence-electron chi connectivity index (χ2n) is 4.23. The summed E-state index contributed by atoms with van der Waals surface area (Å²) in [5.74, 6) is -0.0179. The Morgan fingerprint density at radius 2 is 2.00 bits per heavy atom. The summed E-state index contributed by atoms with van der Waals surface area (Å²) < 4.78 is 0. The van der Waals surface area contributed by atoms with Crippen LogP contribution in [0, 0.1) is 6.92 Å². The number of carbonyl (C=O) groups is 1. The zero-order valence-electron chi connectivity index (χ0n) is 9.47. The first-order chi connectivity index (χ1) is 8.27. The lowest BCUT2D eigenvalue weighted by atomic mass is 9.96. The minimum Gasteiger partial charge on any atom is -0.341 e. The second-order valence-corrected chi connectivity index (χ2v) is 4.23. The first-order valence-corrected chi connectivity index (χ1v) is 5.57. The highest BCUT2D eigenvalue weighted by Crippen LogP contribution is 2.31. The molecule has 0 spiro atoms. The maximum Gasteiger partial charge on any atom is 0.252 e. The molecule has 3 nitrogen and oxygen atoms in total. The molecule has 2 aromatic rings. The van der Waals surface area contributed by atoms with E-state index < -0.39 is 0 Å². The van der Waals surface area contributed by atoms with Crippen LogP contribution in [0.25, 0.3) is 0 Å². The van der Waals surface area contributed by atoms with E-state index in [-0.39, 0.29) is 11.9 Å². The Hall–Kier alpha value is -2.16. The third kappa shape index (κ3) is 1.51. The normalized spacial score (nSPS) is 17.7. The first-order valence-electron chi connectivity index (χ1n) is 5.57. The number of nitrogens with one attached hydrogen (secondary N) is 1. The van der Waals surface area contributed by atoms with Crippen molar-refractivity contribution in [2.24, 2.45) is 0 Å². The third-order valence-electron chi connectivity index (χ3n) is 3.18. The fraction of sp³-hybridized carbons (Fsp3) is 0.143. The standard InChI is InChI=1S/C14H12N2O/c1-9-4-2-3-5-10(9)13-12-8-15-7-6-11(12)14(17)16-13/h2-8,13H,1H3,(H,16,17). The van der Waals surface area contributed by atoms with E-state index in [1.807, 2.05) is 18.2 Å². The molecule has 1 unspecified atom stereocenters. The quantitative estimate of drug-likeness (QED) is 0.807. The molecule has 1 amide bonds. The Balaban J connectivity index is 2.14. The first kappa shape index (κ1) is 10.0. The molecule has 17 heavy (non-hydrogen) atoms. The second kappa shape index (κ2) is 3.70. The van der Waals surface area contributed by atoms with Crippen LogP contribution in [0.5, 0.6) is 0 Å². The fourth-order valence-electron chi connectivity index (χ4n) is 2.29. The van der Waals surface area contributed by atoms with Gasteiger partial charge in [0.05, 0.1) is 6.04 Å². The Morgan fingerprint density at radius 3 is 2.82 bits per heavy atom. The van der Waals surface area contributed by atoms with Gasteiger partial charge in [0.2, 0.25) is 0 Å². The molecule has 1 aromatic heterocycles. The van der Waals surface area contributed by atoms with E-state index >= 15 is 0 Å². The van der Waals surface area contributed by atoms with E-state index in [9.17, 15) is 4.79 Å². The van der Waals surface area contributed by atoms with Crippen LogP contribution >= 0.6 is 0 Å². The maximum absolute atomic E-state index is 11.8. The van der Waals surface area contributed by atoms with Gasteiger partial charge in [0.15, 0.2) is 0 Å². The molecular formula is C14H12N2O. The van der Waals surface area contributed by atoms with Crippen LogP contribution in [0.2, 0.25) is 0 Å². The van der Waals surface area contributed by atoms with E-state index in [1.54, 1.807) is 18.5 Å². The van der Waals surface area contributed by atoms with E-state index in [2.05, 4.69) is 23.3 Å². The predicted octanol–water partition coefficient (Wildman–Crippen LogP) is 2.22. The molecule has 0 radical (unpaired) electrons. The summed E-state index contributed by atoms with van der Waals surface area (Å²) in [6, 6.07) is 9.79. The minimum absolute atomic E-state index is 0.0179. The molecule has 3 rings (SSSR count). The number of rotatable bonds is 1. The smallest absolute Gasteiger partial charge is 0.252 e. The average Bonchev–Trinajstić information content (AvgIpc) is 2.68. The summed E-state index contributed by atoms with van der Waals surface area (Å²) >= 11 is 0. The Bertz CT molecular complexity index is 592. The lowest BCUT2D eigenvalue weighted by molar-refractivity contribution is 0.0960. The van der Waals surface area contributed by atoms with Crippen LogP contribution in [0.1, 0.15) is 33.1 Å². The van der Waals surface area contributed by atoms with Crippen LogP contribution in [0.4, 0.5) is 0 Å². The topological polar surface area (TPSA) is 42.0 Å². The summed E-state index contributed by atoms with van der Waals surface area (Å²) in [5.41, 5.74) is 4.00. The highest BCUT2D eigenvalue weighted by Gasteiger charge is 2.30. The van der Waals surface area contributed by atoms with Crippen LogP contribution in [0.15, 0.2) is 42.7 Å². The van der Waals surface area contributed by atoms with Crippen molar-refractivity contribution >= 4 is 5.91 Å². The number of pyridine rings is 1. The third-order valence-corrected chi connectivity index (χ3v) is 3.18. The van der Waals surface area contributed by atoms with Gasteiger partial charge in [0.1, 0.15) is 0 Å². The number of fused-ring (bicyclic) bond motifs is 1. The number of aromatic nitrogens is 1. The zero-order valence-corrected chi connectivity index (χ0v) is 9.47. The number of hydrogen-bond acceptors (Lipinski definition) is 2. The van der Waals surface area contributed by atoms with Crippen LogP contribution in [0.3, 0.4) is 0 Å². The predicted molar refractivity (Wildman–Crippen MR) is 64.7 cm³/mol. The molecule has 1 aromatic carbocycles. The lowest BCUT2D eigenvalue weighted by Gasteiger charge is -2.14. The molecular weight excluding hydrogens is 212 g/mol. The number of carbonyl (C=O) groups excluding carboxylic acids is 1. The zero-order chi connectivity index (χ0) is 11.8. The highest BCUT2D eigenvalue weighted by molar-refractivity contribution is 5.99. The Labute approximate surface area is 99.5 Å². The Kier molecular flexibility index (Phi) is 2.18. The van der Waals surface area contributed by atoms with Gasteiger partial charge in [-0.15, -0.1) is 0 Å². The van der Waals surface area contributed by atoms with Crippen molar-refractivity contribution in [1.82, 2.24) is 10.3 Å². The monoisotopic (exact) mass is 224 g/mol.